The second-order valence-electron chi connectivity index (χ2n) is 16.4. The van der Waals surface area contributed by atoms with Crippen molar-refractivity contribution in [3.63, 3.8) is 0 Å². The van der Waals surface area contributed by atoms with Gasteiger partial charge in [-0.15, -0.1) is 0 Å². The summed E-state index contributed by atoms with van der Waals surface area (Å²) in [5, 5.41) is 11.7. The molecule has 4 heteroatoms. The number of hydrogen-bond donors (Lipinski definition) is 0. The molecule has 0 aliphatic heterocycles. The minimum Gasteiger partial charge on any atom is -0.455 e. The lowest BCUT2D eigenvalue weighted by atomic mass is 10.00. The molecule has 0 radical (unpaired) electrons. The molecule has 62 heavy (non-hydrogen) atoms. The van der Waals surface area contributed by atoms with E-state index in [4.69, 9.17) is 8.83 Å². The van der Waals surface area contributed by atoms with Crippen molar-refractivity contribution in [3.05, 3.63) is 206 Å². The maximum atomic E-state index is 6.83. The van der Waals surface area contributed by atoms with Crippen LogP contribution in [0.3, 0.4) is 0 Å². The Labute approximate surface area is 354 Å². The van der Waals surface area contributed by atoms with Gasteiger partial charge in [0.2, 0.25) is 0 Å². The normalized spacial score (nSPS) is 12.2. The molecule has 14 rings (SSSR count). The van der Waals surface area contributed by atoms with Crippen LogP contribution < -0.4 is 0 Å². The maximum Gasteiger partial charge on any atom is 0.143 e. The molecule has 0 aliphatic carbocycles. The van der Waals surface area contributed by atoms with Crippen molar-refractivity contribution < 1.29 is 8.83 Å². The van der Waals surface area contributed by atoms with Gasteiger partial charge in [-0.25, -0.2) is 0 Å². The van der Waals surface area contributed by atoms with Gasteiger partial charge in [0.05, 0.1) is 27.8 Å². The zero-order valence-corrected chi connectivity index (χ0v) is 33.3. The van der Waals surface area contributed by atoms with E-state index in [2.05, 4.69) is 203 Å². The zero-order chi connectivity index (χ0) is 40.5. The summed E-state index contributed by atoms with van der Waals surface area (Å²) in [6, 6.07) is 74.3. The van der Waals surface area contributed by atoms with E-state index in [1.165, 1.54) is 65.7 Å². The third kappa shape index (κ3) is 4.61. The summed E-state index contributed by atoms with van der Waals surface area (Å²) >= 11 is 0. The number of furan rings is 2. The Morgan fingerprint density at radius 2 is 0.952 bits per heavy atom. The summed E-state index contributed by atoms with van der Waals surface area (Å²) in [6.07, 6.45) is 0. The van der Waals surface area contributed by atoms with Crippen LogP contribution in [0.15, 0.2) is 215 Å². The van der Waals surface area contributed by atoms with Crippen molar-refractivity contribution in [1.82, 2.24) is 9.13 Å². The fourth-order valence-electron chi connectivity index (χ4n) is 10.4. The molecule has 0 spiro atoms. The molecule has 0 bridgehead atoms. The number of hydrogen-bond acceptors (Lipinski definition) is 2. The van der Waals surface area contributed by atoms with Gasteiger partial charge < -0.3 is 18.0 Å². The number of para-hydroxylation sites is 4. The van der Waals surface area contributed by atoms with Crippen LogP contribution in [0.4, 0.5) is 0 Å². The lowest BCUT2D eigenvalue weighted by Crippen LogP contribution is -1.96. The van der Waals surface area contributed by atoms with Crippen LogP contribution in [-0.4, -0.2) is 9.13 Å². The minimum absolute atomic E-state index is 0.845. The zero-order valence-electron chi connectivity index (χ0n) is 33.3. The standard InChI is InChI=1S/C58H34N2O2/c1-2-13-35(14-3-1)37-27-30-51-47(33-37)41-29-31-52-55(46-19-6-8-24-50(46)60(52)49-25-10-16-36-15-4-5-17-39(36)49)56(41)59(51)38-28-32-54-48(34-38)45-23-12-22-44(58(45)62-54)43-21-11-20-42-40-18-7-9-26-53(40)61-57(42)43/h1-34H. The summed E-state index contributed by atoms with van der Waals surface area (Å²) in [6.45, 7) is 0. The maximum absolute atomic E-state index is 6.83. The molecule has 0 aliphatic rings. The summed E-state index contributed by atoms with van der Waals surface area (Å²) in [5.41, 5.74) is 14.8. The van der Waals surface area contributed by atoms with Gasteiger partial charge in [-0.05, 0) is 71.1 Å². The SMILES string of the molecule is c1ccc(-c2ccc3c(c2)c2ccc4c(c5ccccc5n4-c4cccc5ccccc45)c2n3-c2ccc3oc4c(-c5cccc6c5oc5ccccc56)cccc4c3c2)cc1. The van der Waals surface area contributed by atoms with Crippen molar-refractivity contribution in [2.24, 2.45) is 0 Å². The third-order valence-corrected chi connectivity index (χ3v) is 13.1. The van der Waals surface area contributed by atoms with Crippen LogP contribution in [-0.2, 0) is 0 Å². The van der Waals surface area contributed by atoms with Crippen molar-refractivity contribution in [1.29, 1.82) is 0 Å². The molecule has 4 nitrogen and oxygen atoms in total. The highest BCUT2D eigenvalue weighted by Gasteiger charge is 2.23. The highest BCUT2D eigenvalue weighted by Crippen LogP contribution is 2.46. The van der Waals surface area contributed by atoms with E-state index >= 15 is 0 Å². The molecule has 0 unspecified atom stereocenters. The first-order valence-electron chi connectivity index (χ1n) is 21.2. The Morgan fingerprint density at radius 3 is 1.79 bits per heavy atom. The highest BCUT2D eigenvalue weighted by atomic mass is 16.3. The summed E-state index contributed by atoms with van der Waals surface area (Å²) < 4.78 is 18.3. The fraction of sp³-hybridized carbons (Fsp3) is 0. The molecule has 14 aromatic rings. The van der Waals surface area contributed by atoms with E-state index in [-0.39, 0.29) is 0 Å². The average molecular weight is 791 g/mol. The number of aromatic nitrogens is 2. The van der Waals surface area contributed by atoms with Gasteiger partial charge in [-0.1, -0.05) is 152 Å². The largest absolute Gasteiger partial charge is 0.455 e. The van der Waals surface area contributed by atoms with Gasteiger partial charge in [-0.3, -0.25) is 0 Å². The van der Waals surface area contributed by atoms with Crippen LogP contribution in [0.1, 0.15) is 0 Å². The van der Waals surface area contributed by atoms with Gasteiger partial charge in [0.25, 0.3) is 0 Å². The number of nitrogens with zero attached hydrogens (tertiary/aromatic N) is 2. The van der Waals surface area contributed by atoms with Crippen molar-refractivity contribution >= 4 is 98.3 Å². The third-order valence-electron chi connectivity index (χ3n) is 13.1. The first-order valence-corrected chi connectivity index (χ1v) is 21.2. The van der Waals surface area contributed by atoms with E-state index < -0.39 is 0 Å². The van der Waals surface area contributed by atoms with Crippen LogP contribution in [0.5, 0.6) is 0 Å². The summed E-state index contributed by atoms with van der Waals surface area (Å²) in [5.74, 6) is 0. The Morgan fingerprint density at radius 1 is 0.323 bits per heavy atom. The quantitative estimate of drug-likeness (QED) is 0.178. The monoisotopic (exact) mass is 790 g/mol. The average Bonchev–Trinajstić information content (AvgIpc) is 4.09. The van der Waals surface area contributed by atoms with Crippen LogP contribution >= 0.6 is 0 Å². The van der Waals surface area contributed by atoms with Gasteiger partial charge >= 0.3 is 0 Å². The van der Waals surface area contributed by atoms with Gasteiger partial charge in [0.15, 0.2) is 0 Å². The van der Waals surface area contributed by atoms with Crippen LogP contribution in [0, 0.1) is 0 Å². The number of fused-ring (bicyclic) bond motifs is 14. The van der Waals surface area contributed by atoms with Gasteiger partial charge in [-0.2, -0.15) is 0 Å². The fourth-order valence-corrected chi connectivity index (χ4v) is 10.4. The molecule has 4 heterocycles. The van der Waals surface area contributed by atoms with Crippen LogP contribution in [0.25, 0.3) is 132 Å². The second-order valence-corrected chi connectivity index (χ2v) is 16.4. The molecular weight excluding hydrogens is 757 g/mol. The molecular formula is C58H34N2O2. The summed E-state index contributed by atoms with van der Waals surface area (Å²) in [4.78, 5) is 0. The van der Waals surface area contributed by atoms with Crippen LogP contribution in [0.2, 0.25) is 0 Å². The molecule has 0 saturated carbocycles. The van der Waals surface area contributed by atoms with Gasteiger partial charge in [0, 0.05) is 65.3 Å². The second kappa shape index (κ2) is 12.6. The summed E-state index contributed by atoms with van der Waals surface area (Å²) in [7, 11) is 0. The lowest BCUT2D eigenvalue weighted by Gasteiger charge is -2.12. The Bertz CT molecular complexity index is 4150. The number of rotatable bonds is 4. The Balaban J connectivity index is 1.07. The van der Waals surface area contributed by atoms with Crippen molar-refractivity contribution in [2.45, 2.75) is 0 Å². The topological polar surface area (TPSA) is 36.1 Å². The smallest absolute Gasteiger partial charge is 0.143 e. The molecule has 0 fully saturated rings. The molecule has 288 valence electrons. The van der Waals surface area contributed by atoms with E-state index in [0.717, 1.165) is 66.2 Å². The minimum atomic E-state index is 0.845. The van der Waals surface area contributed by atoms with Gasteiger partial charge in [0.1, 0.15) is 22.3 Å². The predicted octanol–water partition coefficient (Wildman–Crippen LogP) is 16.2. The predicted molar refractivity (Wildman–Crippen MR) is 258 cm³/mol. The first-order chi connectivity index (χ1) is 30.8. The van der Waals surface area contributed by atoms with E-state index in [1.807, 2.05) is 12.1 Å². The molecule has 0 N–H and O–H groups in total. The molecule has 0 atom stereocenters. The Hall–Kier alpha value is -8.34. The molecule has 10 aromatic carbocycles. The molecule has 0 saturated heterocycles. The highest BCUT2D eigenvalue weighted by molar-refractivity contribution is 6.27. The van der Waals surface area contributed by atoms with E-state index in [9.17, 15) is 0 Å². The first kappa shape index (κ1) is 33.5. The van der Waals surface area contributed by atoms with E-state index in [1.54, 1.807) is 0 Å². The van der Waals surface area contributed by atoms with Crippen molar-refractivity contribution in [2.75, 3.05) is 0 Å². The molecule has 4 aromatic heterocycles. The molecule has 0 amide bonds. The lowest BCUT2D eigenvalue weighted by molar-refractivity contribution is 0.665. The number of benzene rings is 10. The van der Waals surface area contributed by atoms with E-state index in [0.29, 0.717) is 0 Å². The van der Waals surface area contributed by atoms with Crippen molar-refractivity contribution in [3.8, 4) is 33.6 Å². The Kier molecular flexibility index (Phi) is 6.80.